The zero-order valence-corrected chi connectivity index (χ0v) is 20.7. The van der Waals surface area contributed by atoms with Crippen LogP contribution < -0.4 is 10.2 Å². The second-order valence-electron chi connectivity index (χ2n) is 9.29. The van der Waals surface area contributed by atoms with Gasteiger partial charge in [-0.2, -0.15) is 0 Å². The van der Waals surface area contributed by atoms with E-state index in [2.05, 4.69) is 39.0 Å². The van der Waals surface area contributed by atoms with Crippen LogP contribution in [-0.2, 0) is 16.9 Å². The molecule has 1 aliphatic heterocycles. The van der Waals surface area contributed by atoms with Gasteiger partial charge in [0.15, 0.2) is 5.82 Å². The molecule has 7 heteroatoms. The number of fused-ring (bicyclic) bond motifs is 1. The minimum atomic E-state index is -1.39. The fraction of sp³-hybridized carbons (Fsp3) is 0.538. The highest BCUT2D eigenvalue weighted by Gasteiger charge is 2.28. The van der Waals surface area contributed by atoms with Crippen molar-refractivity contribution < 1.29 is 9.18 Å². The topological polar surface area (TPSA) is 70.5 Å². The van der Waals surface area contributed by atoms with Crippen molar-refractivity contribution in [1.29, 1.82) is 0 Å². The molecule has 3 rings (SSSR count). The molecule has 0 fully saturated rings. The molecular weight excluding hydrogens is 417 g/mol. The van der Waals surface area contributed by atoms with Gasteiger partial charge in [-0.05, 0) is 64.2 Å². The number of hydrogen-bond donors (Lipinski definition) is 1. The smallest absolute Gasteiger partial charge is 0.265 e. The molecule has 2 heterocycles. The lowest BCUT2D eigenvalue weighted by molar-refractivity contribution is -0.115. The summed E-state index contributed by atoms with van der Waals surface area (Å²) in [6, 6.07) is 5.87. The van der Waals surface area contributed by atoms with E-state index in [9.17, 15) is 9.18 Å². The summed E-state index contributed by atoms with van der Waals surface area (Å²) in [4.78, 5) is 28.5. The van der Waals surface area contributed by atoms with Gasteiger partial charge in [-0.1, -0.05) is 38.8 Å². The minimum Gasteiger partial charge on any atom is -0.348 e. The number of amides is 1. The molecular formula is C26H36FN5O. The zero-order chi connectivity index (χ0) is 24.2. The van der Waals surface area contributed by atoms with Crippen LogP contribution in [-0.4, -0.2) is 34.2 Å². The molecule has 1 amide bonds. The van der Waals surface area contributed by atoms with Crippen LogP contribution >= 0.6 is 0 Å². The number of nitrogens with zero attached hydrogens (tertiary/aromatic N) is 4. The maximum atomic E-state index is 14.4. The van der Waals surface area contributed by atoms with Gasteiger partial charge in [-0.25, -0.2) is 19.4 Å². The molecule has 0 unspecified atom stereocenters. The number of nitrogens with one attached hydrogen (secondary N) is 1. The molecule has 0 aliphatic carbocycles. The third-order valence-electron chi connectivity index (χ3n) is 6.12. The van der Waals surface area contributed by atoms with Crippen LogP contribution in [0.4, 0.5) is 21.6 Å². The van der Waals surface area contributed by atoms with Gasteiger partial charge in [0.2, 0.25) is 0 Å². The van der Waals surface area contributed by atoms with Crippen molar-refractivity contribution in [2.75, 3.05) is 11.4 Å². The largest absolute Gasteiger partial charge is 0.348 e. The standard InChI is InChI=1S/C26H36FN5O/c1-7-9-21(10-8-2)31-25(33)18(4)30-23-17(3)28-16-29-24(23)32-14-13-19-15-20(26(5,6)27)11-12-22(19)32/h11-12,15-16,21H,7-10,13-14H2,1-6H3,(H,31,33). The number of anilines is 2. The number of carbonyl (C=O) groups excluding carboxylic acids is 1. The maximum Gasteiger partial charge on any atom is 0.265 e. The first kappa shape index (κ1) is 24.8. The summed E-state index contributed by atoms with van der Waals surface area (Å²) in [5, 5.41) is 3.12. The first-order valence-electron chi connectivity index (χ1n) is 11.9. The lowest BCUT2D eigenvalue weighted by Gasteiger charge is -2.22. The molecule has 1 N–H and O–H groups in total. The zero-order valence-electron chi connectivity index (χ0n) is 20.7. The number of hydrogen-bond acceptors (Lipinski definition) is 5. The summed E-state index contributed by atoms with van der Waals surface area (Å²) in [5.74, 6) is 0.507. The number of rotatable bonds is 9. The van der Waals surface area contributed by atoms with Crippen molar-refractivity contribution in [1.82, 2.24) is 15.3 Å². The van der Waals surface area contributed by atoms with Crippen LogP contribution in [0, 0.1) is 6.92 Å². The van der Waals surface area contributed by atoms with E-state index in [0.717, 1.165) is 43.4 Å². The van der Waals surface area contributed by atoms with E-state index in [-0.39, 0.29) is 11.9 Å². The minimum absolute atomic E-state index is 0.157. The van der Waals surface area contributed by atoms with Crippen LogP contribution in [0.2, 0.25) is 0 Å². The summed E-state index contributed by atoms with van der Waals surface area (Å²) >= 11 is 0. The lowest BCUT2D eigenvalue weighted by atomic mass is 9.97. The highest BCUT2D eigenvalue weighted by atomic mass is 19.1. The number of carbonyl (C=O) groups is 1. The van der Waals surface area contributed by atoms with Crippen molar-refractivity contribution in [3.05, 3.63) is 41.3 Å². The number of aliphatic imine (C=N–C) groups is 1. The second-order valence-corrected chi connectivity index (χ2v) is 9.29. The van der Waals surface area contributed by atoms with Gasteiger partial charge in [-0.15, -0.1) is 0 Å². The fourth-order valence-corrected chi connectivity index (χ4v) is 4.27. The van der Waals surface area contributed by atoms with Crippen LogP contribution in [0.3, 0.4) is 0 Å². The molecule has 1 aromatic heterocycles. The molecule has 0 radical (unpaired) electrons. The van der Waals surface area contributed by atoms with Crippen molar-refractivity contribution in [2.24, 2.45) is 4.99 Å². The van der Waals surface area contributed by atoms with E-state index in [4.69, 9.17) is 0 Å². The van der Waals surface area contributed by atoms with Crippen molar-refractivity contribution >= 4 is 28.8 Å². The molecule has 0 bridgehead atoms. The van der Waals surface area contributed by atoms with Gasteiger partial charge in [0.25, 0.3) is 5.91 Å². The Kier molecular flexibility index (Phi) is 7.82. The molecule has 1 aliphatic rings. The second kappa shape index (κ2) is 10.4. The summed E-state index contributed by atoms with van der Waals surface area (Å²) in [7, 11) is 0. The quantitative estimate of drug-likeness (QED) is 0.483. The van der Waals surface area contributed by atoms with Crippen molar-refractivity contribution in [2.45, 2.75) is 85.4 Å². The fourth-order valence-electron chi connectivity index (χ4n) is 4.27. The number of halogens is 1. The maximum absolute atomic E-state index is 14.4. The number of aryl methyl sites for hydroxylation is 1. The Bertz CT molecular complexity index is 1020. The van der Waals surface area contributed by atoms with Crippen LogP contribution in [0.25, 0.3) is 0 Å². The van der Waals surface area contributed by atoms with E-state index in [0.29, 0.717) is 35.0 Å². The van der Waals surface area contributed by atoms with E-state index in [1.807, 2.05) is 25.1 Å². The predicted octanol–water partition coefficient (Wildman–Crippen LogP) is 5.86. The Hall–Kier alpha value is -2.83. The van der Waals surface area contributed by atoms with Crippen LogP contribution in [0.15, 0.2) is 29.5 Å². The van der Waals surface area contributed by atoms with E-state index in [1.165, 1.54) is 6.33 Å². The third-order valence-corrected chi connectivity index (χ3v) is 6.12. The van der Waals surface area contributed by atoms with Gasteiger partial charge in [0.1, 0.15) is 23.4 Å². The molecule has 6 nitrogen and oxygen atoms in total. The summed E-state index contributed by atoms with van der Waals surface area (Å²) in [6.45, 7) is 11.7. The average Bonchev–Trinajstić information content (AvgIpc) is 3.18. The molecule has 2 aromatic rings. The Morgan fingerprint density at radius 1 is 1.24 bits per heavy atom. The molecule has 178 valence electrons. The monoisotopic (exact) mass is 453 g/mol. The molecule has 1 aromatic carbocycles. The number of aromatic nitrogens is 2. The van der Waals surface area contributed by atoms with Crippen LogP contribution in [0.1, 0.15) is 77.1 Å². The number of alkyl halides is 1. The van der Waals surface area contributed by atoms with Gasteiger partial charge in [0, 0.05) is 18.3 Å². The molecule has 0 atom stereocenters. The molecule has 33 heavy (non-hydrogen) atoms. The van der Waals surface area contributed by atoms with Gasteiger partial charge in [-0.3, -0.25) is 4.79 Å². The summed E-state index contributed by atoms with van der Waals surface area (Å²) in [6.07, 6.45) is 6.26. The third kappa shape index (κ3) is 5.75. The lowest BCUT2D eigenvalue weighted by Crippen LogP contribution is -2.38. The van der Waals surface area contributed by atoms with E-state index >= 15 is 0 Å². The van der Waals surface area contributed by atoms with Crippen molar-refractivity contribution in [3.8, 4) is 0 Å². The summed E-state index contributed by atoms with van der Waals surface area (Å²) < 4.78 is 14.4. The Morgan fingerprint density at radius 2 is 1.94 bits per heavy atom. The Morgan fingerprint density at radius 3 is 2.58 bits per heavy atom. The first-order chi connectivity index (χ1) is 15.7. The molecule has 0 saturated heterocycles. The highest BCUT2D eigenvalue weighted by molar-refractivity contribution is 6.38. The number of benzene rings is 1. The normalized spacial score (nSPS) is 14.1. The van der Waals surface area contributed by atoms with E-state index < -0.39 is 5.67 Å². The van der Waals surface area contributed by atoms with E-state index in [1.54, 1.807) is 20.8 Å². The highest BCUT2D eigenvalue weighted by Crippen LogP contribution is 2.40. The Labute approximate surface area is 196 Å². The summed E-state index contributed by atoms with van der Waals surface area (Å²) in [5.41, 5.74) is 3.05. The van der Waals surface area contributed by atoms with Gasteiger partial charge < -0.3 is 10.2 Å². The van der Waals surface area contributed by atoms with Gasteiger partial charge in [0.05, 0.1) is 5.69 Å². The Balaban J connectivity index is 1.91. The molecule has 0 saturated carbocycles. The van der Waals surface area contributed by atoms with Crippen LogP contribution in [0.5, 0.6) is 0 Å². The van der Waals surface area contributed by atoms with Gasteiger partial charge >= 0.3 is 0 Å². The average molecular weight is 454 g/mol. The predicted molar refractivity (Wildman–Crippen MR) is 133 cm³/mol. The molecule has 0 spiro atoms. The SMILES string of the molecule is CCCC(CCC)NC(=O)C(C)=Nc1c(C)ncnc1N1CCc2cc(C(C)(C)F)ccc21. The first-order valence-corrected chi connectivity index (χ1v) is 11.9. The van der Waals surface area contributed by atoms with Crippen molar-refractivity contribution in [3.63, 3.8) is 0 Å².